The number of aliphatic carboxylic acids is 1. The van der Waals surface area contributed by atoms with Crippen molar-refractivity contribution in [1.29, 1.82) is 0 Å². The van der Waals surface area contributed by atoms with Gasteiger partial charge in [0, 0.05) is 14.1 Å². The Bertz CT molecular complexity index is 273. The van der Waals surface area contributed by atoms with Gasteiger partial charge in [-0.25, -0.2) is 4.72 Å². The summed E-state index contributed by atoms with van der Waals surface area (Å²) in [6.45, 7) is -0.796. The molecule has 0 fully saturated rings. The molecule has 7 nitrogen and oxygen atoms in total. The highest BCUT2D eigenvalue weighted by Gasteiger charge is 2.24. The van der Waals surface area contributed by atoms with Crippen LogP contribution in [0.3, 0.4) is 0 Å². The molecule has 0 aliphatic heterocycles. The third kappa shape index (κ3) is 3.68. The number of nitrogens with zero attached hydrogens (tertiary/aromatic N) is 1. The van der Waals surface area contributed by atoms with Gasteiger partial charge in [0.1, 0.15) is 12.6 Å². The molecule has 3 N–H and O–H groups in total. The van der Waals surface area contributed by atoms with Crippen molar-refractivity contribution in [3.63, 3.8) is 0 Å². The number of hydrogen-bond acceptors (Lipinski definition) is 5. The van der Waals surface area contributed by atoms with E-state index in [0.717, 1.165) is 4.31 Å². The first-order chi connectivity index (χ1) is 5.81. The number of quaternary nitrogens is 1. The molecule has 0 rings (SSSR count). The molecule has 0 radical (unpaired) electrons. The maximum absolute atomic E-state index is 11.1. The van der Waals surface area contributed by atoms with Crippen LogP contribution in [0.1, 0.15) is 0 Å². The number of aliphatic hydroxyl groups excluding tert-OH is 1. The highest BCUT2D eigenvalue weighted by molar-refractivity contribution is 7.82. The lowest BCUT2D eigenvalue weighted by Gasteiger charge is -2.16. The average Bonchev–Trinajstić information content (AvgIpc) is 1.99. The molecule has 8 heteroatoms. The third-order valence-electron chi connectivity index (χ3n) is 1.34. The van der Waals surface area contributed by atoms with Gasteiger partial charge in [0.05, 0.1) is 0 Å². The Labute approximate surface area is 76.2 Å². The summed E-state index contributed by atoms with van der Waals surface area (Å²) < 4.78 is 23.5. The van der Waals surface area contributed by atoms with E-state index in [1.807, 2.05) is 0 Å². The zero-order valence-corrected chi connectivity index (χ0v) is 8.11. The van der Waals surface area contributed by atoms with Crippen LogP contribution in [-0.4, -0.2) is 50.5 Å². The van der Waals surface area contributed by atoms with Crippen LogP contribution in [0.5, 0.6) is 0 Å². The van der Waals surface area contributed by atoms with Gasteiger partial charge in [-0.05, 0) is 0 Å². The quantitative estimate of drug-likeness (QED) is 0.476. The molecule has 0 unspecified atom stereocenters. The van der Waals surface area contributed by atoms with Gasteiger partial charge in [0.25, 0.3) is 0 Å². The second-order valence-corrected chi connectivity index (χ2v) is 4.60. The van der Waals surface area contributed by atoms with Crippen LogP contribution in [0.2, 0.25) is 0 Å². The summed E-state index contributed by atoms with van der Waals surface area (Å²) in [7, 11) is -1.21. The molecular weight excluding hydrogens is 200 g/mol. The van der Waals surface area contributed by atoms with Crippen LogP contribution in [0.15, 0.2) is 0 Å². The first kappa shape index (κ1) is 12.3. The van der Waals surface area contributed by atoms with Gasteiger partial charge in [-0.15, -0.1) is 0 Å². The Morgan fingerprint density at radius 2 is 2.08 bits per heavy atom. The van der Waals surface area contributed by atoms with Crippen LogP contribution in [0, 0.1) is 0 Å². The predicted octanol–water partition coefficient (Wildman–Crippen LogP) is -4.53. The van der Waals surface area contributed by atoms with Gasteiger partial charge >= 0.3 is 10.2 Å². The Morgan fingerprint density at radius 1 is 1.62 bits per heavy atom. The minimum absolute atomic E-state index is 0.544. The number of nitrogens with two attached hydrogens (primary N) is 1. The molecule has 0 saturated carbocycles. The van der Waals surface area contributed by atoms with Crippen molar-refractivity contribution in [1.82, 2.24) is 4.31 Å². The van der Waals surface area contributed by atoms with E-state index in [1.54, 1.807) is 0 Å². The SMILES string of the molecule is CN(C)S(=O)(=O)[NH2+][C@@H](CO)C(=O)[O-]. The number of carbonyl (C=O) groups is 1. The molecule has 0 aromatic rings. The van der Waals surface area contributed by atoms with E-state index in [4.69, 9.17) is 5.11 Å². The van der Waals surface area contributed by atoms with Gasteiger partial charge in [-0.3, -0.25) is 0 Å². The average molecular weight is 212 g/mol. The monoisotopic (exact) mass is 212 g/mol. The first-order valence-electron chi connectivity index (χ1n) is 3.40. The van der Waals surface area contributed by atoms with Crippen molar-refractivity contribution in [2.45, 2.75) is 6.04 Å². The molecule has 13 heavy (non-hydrogen) atoms. The molecule has 0 aromatic heterocycles. The van der Waals surface area contributed by atoms with Gasteiger partial charge in [-0.1, -0.05) is 0 Å². The van der Waals surface area contributed by atoms with Crippen molar-refractivity contribution < 1.29 is 28.1 Å². The summed E-state index contributed by atoms with van der Waals surface area (Å²) in [5.74, 6) is -1.62. The zero-order valence-electron chi connectivity index (χ0n) is 7.30. The number of rotatable bonds is 5. The molecule has 0 amide bonds. The van der Waals surface area contributed by atoms with Crippen molar-refractivity contribution in [3.05, 3.63) is 0 Å². The molecule has 0 bridgehead atoms. The number of carbonyl (C=O) groups excluding carboxylic acids is 1. The molecule has 0 aliphatic rings. The summed E-state index contributed by atoms with van der Waals surface area (Å²) in [4.78, 5) is 10.2. The summed E-state index contributed by atoms with van der Waals surface area (Å²) in [6.07, 6.45) is 0. The Morgan fingerprint density at radius 3 is 2.31 bits per heavy atom. The summed E-state index contributed by atoms with van der Waals surface area (Å²) in [5.41, 5.74) is 0. The predicted molar refractivity (Wildman–Crippen MR) is 40.4 cm³/mol. The topological polar surface area (TPSA) is 114 Å². The molecule has 0 aliphatic carbocycles. The lowest BCUT2D eigenvalue weighted by Crippen LogP contribution is -2.98. The fraction of sp³-hybridized carbons (Fsp3) is 0.800. The maximum Gasteiger partial charge on any atom is 0.369 e. The van der Waals surface area contributed by atoms with E-state index in [9.17, 15) is 18.3 Å². The van der Waals surface area contributed by atoms with Crippen LogP contribution < -0.4 is 9.83 Å². The van der Waals surface area contributed by atoms with Gasteiger partial charge in [0.2, 0.25) is 0 Å². The minimum Gasteiger partial charge on any atom is -0.544 e. The van der Waals surface area contributed by atoms with Crippen molar-refractivity contribution >= 4 is 16.2 Å². The molecule has 0 saturated heterocycles. The van der Waals surface area contributed by atoms with Gasteiger partial charge in [-0.2, -0.15) is 12.7 Å². The fourth-order valence-corrected chi connectivity index (χ4v) is 1.36. The minimum atomic E-state index is -3.73. The normalized spacial score (nSPS) is 14.5. The highest BCUT2D eigenvalue weighted by atomic mass is 32.2. The van der Waals surface area contributed by atoms with Crippen molar-refractivity contribution in [2.75, 3.05) is 20.7 Å². The zero-order chi connectivity index (χ0) is 10.6. The number of carboxylic acid groups (broad SMARTS) is 1. The Kier molecular flexibility index (Phi) is 4.27. The Hall–Kier alpha value is -0.700. The van der Waals surface area contributed by atoms with E-state index in [0.29, 0.717) is 4.72 Å². The smallest absolute Gasteiger partial charge is 0.369 e. The van der Waals surface area contributed by atoms with Crippen LogP contribution in [0.4, 0.5) is 0 Å². The van der Waals surface area contributed by atoms with Crippen LogP contribution in [-0.2, 0) is 15.0 Å². The van der Waals surface area contributed by atoms with Crippen LogP contribution >= 0.6 is 0 Å². The van der Waals surface area contributed by atoms with Crippen LogP contribution in [0.25, 0.3) is 0 Å². The lowest BCUT2D eigenvalue weighted by molar-refractivity contribution is -0.546. The van der Waals surface area contributed by atoms with E-state index < -0.39 is 28.8 Å². The number of aliphatic hydroxyl groups is 1. The summed E-state index contributed by atoms with van der Waals surface area (Å²) in [6, 6.07) is -1.49. The summed E-state index contributed by atoms with van der Waals surface area (Å²) >= 11 is 0. The van der Waals surface area contributed by atoms with E-state index >= 15 is 0 Å². The molecule has 0 heterocycles. The second-order valence-electron chi connectivity index (χ2n) is 2.57. The standard InChI is InChI=1S/C5H12N2O5S/c1-7(2)13(11,12)6-4(3-8)5(9)10/h4,6,8H,3H2,1-2H3,(H,9,10)/t4-/m0/s1. The molecule has 0 spiro atoms. The first-order valence-corrected chi connectivity index (χ1v) is 4.90. The second kappa shape index (κ2) is 4.51. The summed E-state index contributed by atoms with van der Waals surface area (Å²) in [5, 5.41) is 18.8. The molecule has 1 atom stereocenters. The van der Waals surface area contributed by atoms with E-state index in [1.165, 1.54) is 14.1 Å². The van der Waals surface area contributed by atoms with E-state index in [2.05, 4.69) is 0 Å². The number of carboxylic acids is 1. The molecular formula is C5H12N2O5S. The van der Waals surface area contributed by atoms with Gasteiger partial charge in [0.15, 0.2) is 6.04 Å². The highest BCUT2D eigenvalue weighted by Crippen LogP contribution is 1.81. The molecule has 78 valence electrons. The number of hydrogen-bond donors (Lipinski definition) is 2. The molecule has 0 aromatic carbocycles. The lowest BCUT2D eigenvalue weighted by atomic mass is 10.3. The largest absolute Gasteiger partial charge is 0.544 e. The maximum atomic E-state index is 11.1. The Balaban J connectivity index is 4.50. The van der Waals surface area contributed by atoms with Gasteiger partial charge < -0.3 is 15.0 Å². The van der Waals surface area contributed by atoms with E-state index in [-0.39, 0.29) is 0 Å². The third-order valence-corrected chi connectivity index (χ3v) is 3.04. The van der Waals surface area contributed by atoms with Crippen molar-refractivity contribution in [2.24, 2.45) is 0 Å². The van der Waals surface area contributed by atoms with Crippen molar-refractivity contribution in [3.8, 4) is 0 Å². The fourth-order valence-electron chi connectivity index (χ4n) is 0.502.